The van der Waals surface area contributed by atoms with E-state index in [1.54, 1.807) is 0 Å². The van der Waals surface area contributed by atoms with Gasteiger partial charge in [-0.05, 0) is 70.8 Å². The molecule has 0 unspecified atom stereocenters. The fourth-order valence-corrected chi connectivity index (χ4v) is 4.41. The van der Waals surface area contributed by atoms with E-state index < -0.39 is 0 Å². The van der Waals surface area contributed by atoms with Crippen LogP contribution in [0.3, 0.4) is 0 Å². The number of carbonyl (C=O) groups excluding carboxylic acids is 1. The second kappa shape index (κ2) is 10.0. The topological polar surface area (TPSA) is 61.4 Å². The summed E-state index contributed by atoms with van der Waals surface area (Å²) < 4.78 is 0. The van der Waals surface area contributed by atoms with Gasteiger partial charge in [0.05, 0.1) is 5.69 Å². The number of aromatic nitrogens is 2. The zero-order valence-electron chi connectivity index (χ0n) is 18.0. The molecule has 2 aliphatic rings. The molecule has 0 spiro atoms. The normalized spacial score (nSPS) is 18.0. The van der Waals surface area contributed by atoms with Crippen molar-refractivity contribution in [2.75, 3.05) is 44.2 Å². The van der Waals surface area contributed by atoms with Gasteiger partial charge in [-0.3, -0.25) is 4.79 Å². The van der Waals surface area contributed by atoms with Crippen LogP contribution in [-0.4, -0.2) is 60.3 Å². The summed E-state index contributed by atoms with van der Waals surface area (Å²) in [6.45, 7) is 8.13. The number of nitrogens with zero attached hydrogens (tertiary/aromatic N) is 4. The van der Waals surface area contributed by atoms with Crippen molar-refractivity contribution in [3.63, 3.8) is 0 Å². The molecule has 0 bridgehead atoms. The summed E-state index contributed by atoms with van der Waals surface area (Å²) in [5.74, 6) is 1.24. The molecule has 1 N–H and O–H groups in total. The maximum atomic E-state index is 12.5. The fraction of sp³-hybridized carbons (Fsp3) is 0.542. The highest BCUT2D eigenvalue weighted by Crippen LogP contribution is 2.23. The lowest BCUT2D eigenvalue weighted by Crippen LogP contribution is -2.41. The van der Waals surface area contributed by atoms with Crippen molar-refractivity contribution >= 4 is 11.7 Å². The van der Waals surface area contributed by atoms with Crippen LogP contribution in [0.4, 0.5) is 5.82 Å². The molecule has 6 heteroatoms. The lowest BCUT2D eigenvalue weighted by atomic mass is 9.96. The van der Waals surface area contributed by atoms with Gasteiger partial charge in [0.2, 0.25) is 5.91 Å². The van der Waals surface area contributed by atoms with Gasteiger partial charge in [0, 0.05) is 31.1 Å². The van der Waals surface area contributed by atoms with Crippen molar-refractivity contribution in [1.82, 2.24) is 20.4 Å². The van der Waals surface area contributed by atoms with Crippen molar-refractivity contribution in [2.24, 2.45) is 5.92 Å². The number of benzene rings is 1. The molecule has 1 aromatic heterocycles. The zero-order valence-corrected chi connectivity index (χ0v) is 18.0. The van der Waals surface area contributed by atoms with Crippen LogP contribution in [0.1, 0.15) is 37.7 Å². The molecular formula is C24H33N5O. The Bertz CT molecular complexity index is 806. The van der Waals surface area contributed by atoms with Gasteiger partial charge in [-0.15, -0.1) is 10.2 Å². The molecule has 1 aromatic carbocycles. The molecule has 1 amide bonds. The number of likely N-dealkylation sites (tertiary alicyclic amines) is 1. The maximum Gasteiger partial charge on any atom is 0.223 e. The Morgan fingerprint density at radius 2 is 1.73 bits per heavy atom. The maximum absolute atomic E-state index is 12.5. The minimum Gasteiger partial charge on any atom is -0.356 e. The number of anilines is 1. The molecule has 0 atom stereocenters. The largest absolute Gasteiger partial charge is 0.356 e. The highest BCUT2D eigenvalue weighted by atomic mass is 16.1. The van der Waals surface area contributed by atoms with Crippen molar-refractivity contribution < 1.29 is 4.79 Å². The summed E-state index contributed by atoms with van der Waals surface area (Å²) in [5.41, 5.74) is 3.21. The van der Waals surface area contributed by atoms with Crippen LogP contribution in [0.15, 0.2) is 36.4 Å². The quantitative estimate of drug-likeness (QED) is 0.714. The number of amides is 1. The van der Waals surface area contributed by atoms with Gasteiger partial charge < -0.3 is 15.1 Å². The molecule has 4 rings (SSSR count). The SMILES string of the molecule is Cc1ccc(-c2ccc(N3CCC(C(=O)NCCCN4CCCC4)CC3)nn2)cc1. The van der Waals surface area contributed by atoms with E-state index >= 15 is 0 Å². The molecule has 3 heterocycles. The fourth-order valence-electron chi connectivity index (χ4n) is 4.41. The molecule has 0 aliphatic carbocycles. The first kappa shape index (κ1) is 20.8. The summed E-state index contributed by atoms with van der Waals surface area (Å²) in [7, 11) is 0. The molecule has 6 nitrogen and oxygen atoms in total. The molecule has 2 fully saturated rings. The number of hydrogen-bond donors (Lipinski definition) is 1. The number of carbonyl (C=O) groups is 1. The van der Waals surface area contributed by atoms with Gasteiger partial charge in [0.1, 0.15) is 0 Å². The Kier molecular flexibility index (Phi) is 6.95. The molecule has 30 heavy (non-hydrogen) atoms. The Hall–Kier alpha value is -2.47. The van der Waals surface area contributed by atoms with E-state index in [0.717, 1.165) is 62.5 Å². The minimum absolute atomic E-state index is 0.118. The van der Waals surface area contributed by atoms with Crippen LogP contribution in [-0.2, 0) is 4.79 Å². The van der Waals surface area contributed by atoms with Crippen molar-refractivity contribution in [1.29, 1.82) is 0 Å². The second-order valence-electron chi connectivity index (χ2n) is 8.60. The van der Waals surface area contributed by atoms with Crippen LogP contribution in [0.5, 0.6) is 0 Å². The van der Waals surface area contributed by atoms with Crippen molar-refractivity contribution in [2.45, 2.75) is 39.0 Å². The lowest BCUT2D eigenvalue weighted by molar-refractivity contribution is -0.125. The third-order valence-corrected chi connectivity index (χ3v) is 6.34. The number of aryl methyl sites for hydroxylation is 1. The second-order valence-corrected chi connectivity index (χ2v) is 8.60. The van der Waals surface area contributed by atoms with Gasteiger partial charge >= 0.3 is 0 Å². The summed E-state index contributed by atoms with van der Waals surface area (Å²) in [6.07, 6.45) is 5.44. The van der Waals surface area contributed by atoms with Crippen LogP contribution in [0.25, 0.3) is 11.3 Å². The van der Waals surface area contributed by atoms with E-state index in [-0.39, 0.29) is 11.8 Å². The van der Waals surface area contributed by atoms with E-state index in [1.165, 1.54) is 31.5 Å². The lowest BCUT2D eigenvalue weighted by Gasteiger charge is -2.31. The molecule has 160 valence electrons. The first-order valence-corrected chi connectivity index (χ1v) is 11.3. The van der Waals surface area contributed by atoms with Crippen LogP contribution in [0, 0.1) is 12.8 Å². The Morgan fingerprint density at radius 3 is 2.40 bits per heavy atom. The van der Waals surface area contributed by atoms with Crippen molar-refractivity contribution in [3.05, 3.63) is 42.0 Å². The van der Waals surface area contributed by atoms with Crippen molar-refractivity contribution in [3.8, 4) is 11.3 Å². The summed E-state index contributed by atoms with van der Waals surface area (Å²) in [5, 5.41) is 12.0. The van der Waals surface area contributed by atoms with Crippen LogP contribution in [0.2, 0.25) is 0 Å². The minimum atomic E-state index is 0.118. The van der Waals surface area contributed by atoms with E-state index in [4.69, 9.17) is 0 Å². The van der Waals surface area contributed by atoms with Gasteiger partial charge in [0.25, 0.3) is 0 Å². The van der Waals surface area contributed by atoms with Gasteiger partial charge in [-0.1, -0.05) is 29.8 Å². The Balaban J connectivity index is 1.21. The third kappa shape index (κ3) is 5.36. The Labute approximate surface area is 179 Å². The standard InChI is InChI=1S/C24H33N5O/c1-19-5-7-20(8-6-19)22-9-10-23(27-26-22)29-17-11-21(12-18-29)24(30)25-13-4-16-28-14-2-3-15-28/h5-10,21H,2-4,11-18H2,1H3,(H,25,30). The summed E-state index contributed by atoms with van der Waals surface area (Å²) >= 11 is 0. The van der Waals surface area contributed by atoms with E-state index in [2.05, 4.69) is 56.5 Å². The number of hydrogen-bond acceptors (Lipinski definition) is 5. The molecule has 2 aromatic rings. The smallest absolute Gasteiger partial charge is 0.223 e. The predicted molar refractivity (Wildman–Crippen MR) is 120 cm³/mol. The van der Waals surface area contributed by atoms with Gasteiger partial charge in [-0.25, -0.2) is 0 Å². The van der Waals surface area contributed by atoms with Gasteiger partial charge in [-0.2, -0.15) is 0 Å². The number of rotatable bonds is 7. The first-order chi connectivity index (χ1) is 14.7. The average Bonchev–Trinajstić information content (AvgIpc) is 3.31. The van der Waals surface area contributed by atoms with E-state index in [1.807, 2.05) is 12.1 Å². The molecule has 2 saturated heterocycles. The molecule has 0 radical (unpaired) electrons. The molecule has 2 aliphatic heterocycles. The zero-order chi connectivity index (χ0) is 20.8. The highest BCUT2D eigenvalue weighted by Gasteiger charge is 2.25. The number of piperidine rings is 1. The van der Waals surface area contributed by atoms with Crippen LogP contribution < -0.4 is 10.2 Å². The monoisotopic (exact) mass is 407 g/mol. The third-order valence-electron chi connectivity index (χ3n) is 6.34. The van der Waals surface area contributed by atoms with E-state index in [9.17, 15) is 4.79 Å². The summed E-state index contributed by atoms with van der Waals surface area (Å²) in [4.78, 5) is 17.2. The van der Waals surface area contributed by atoms with Crippen LogP contribution >= 0.6 is 0 Å². The first-order valence-electron chi connectivity index (χ1n) is 11.3. The number of nitrogens with one attached hydrogen (secondary N) is 1. The predicted octanol–water partition coefficient (Wildman–Crippen LogP) is 3.27. The summed E-state index contributed by atoms with van der Waals surface area (Å²) in [6, 6.07) is 12.4. The molecular weight excluding hydrogens is 374 g/mol. The average molecular weight is 408 g/mol. The molecule has 0 saturated carbocycles. The van der Waals surface area contributed by atoms with Gasteiger partial charge in [0.15, 0.2) is 5.82 Å². The van der Waals surface area contributed by atoms with E-state index in [0.29, 0.717) is 0 Å². The highest BCUT2D eigenvalue weighted by molar-refractivity contribution is 5.78. The Morgan fingerprint density at radius 1 is 1.00 bits per heavy atom.